The molecule has 166 valence electrons. The normalized spacial score (nSPS) is 21.0. The lowest BCUT2D eigenvalue weighted by molar-refractivity contribution is -0.151. The summed E-state index contributed by atoms with van der Waals surface area (Å²) in [4.78, 5) is 42.6. The Bertz CT molecular complexity index is 537. The lowest BCUT2D eigenvalue weighted by Crippen LogP contribution is -2.53. The van der Waals surface area contributed by atoms with Crippen molar-refractivity contribution in [2.24, 2.45) is 5.92 Å². The topological polar surface area (TPSA) is 91.4 Å². The standard InChI is InChI=1S/C20H36N4O5/c1-3-29-20(27)17-6-4-8-24(14-17)19(26)16-23-11-9-22(10-12-23)15-18(25)21-7-5-13-28-2/h17H,3-16H2,1-2H3,(H,21,25). The third-order valence-corrected chi connectivity index (χ3v) is 5.43. The van der Waals surface area contributed by atoms with Gasteiger partial charge < -0.3 is 19.7 Å². The van der Waals surface area contributed by atoms with E-state index < -0.39 is 0 Å². The third-order valence-electron chi connectivity index (χ3n) is 5.43. The van der Waals surface area contributed by atoms with Crippen molar-refractivity contribution in [3.05, 3.63) is 0 Å². The van der Waals surface area contributed by atoms with Crippen LogP contribution >= 0.6 is 0 Å². The first kappa shape index (κ1) is 23.6. The number of methoxy groups -OCH3 is 1. The Morgan fingerprint density at radius 3 is 2.38 bits per heavy atom. The molecule has 0 aromatic heterocycles. The smallest absolute Gasteiger partial charge is 0.310 e. The zero-order valence-corrected chi connectivity index (χ0v) is 17.9. The minimum absolute atomic E-state index is 0.0314. The molecule has 0 aliphatic carbocycles. The lowest BCUT2D eigenvalue weighted by atomic mass is 9.98. The number of rotatable bonds is 10. The van der Waals surface area contributed by atoms with Crippen LogP contribution in [0.4, 0.5) is 0 Å². The summed E-state index contributed by atoms with van der Waals surface area (Å²) in [6, 6.07) is 0. The molecule has 2 aliphatic heterocycles. The summed E-state index contributed by atoms with van der Waals surface area (Å²) in [7, 11) is 1.65. The van der Waals surface area contributed by atoms with E-state index in [1.807, 2.05) is 0 Å². The lowest BCUT2D eigenvalue weighted by Gasteiger charge is -2.36. The minimum Gasteiger partial charge on any atom is -0.466 e. The fraction of sp³-hybridized carbons (Fsp3) is 0.850. The molecule has 2 heterocycles. The minimum atomic E-state index is -0.202. The Labute approximate surface area is 173 Å². The molecular weight excluding hydrogens is 376 g/mol. The van der Waals surface area contributed by atoms with Gasteiger partial charge in [-0.15, -0.1) is 0 Å². The first-order valence-corrected chi connectivity index (χ1v) is 10.7. The molecule has 2 aliphatic rings. The molecule has 0 spiro atoms. The molecule has 0 aromatic carbocycles. The number of nitrogens with zero attached hydrogens (tertiary/aromatic N) is 3. The van der Waals surface area contributed by atoms with Crippen molar-refractivity contribution in [1.82, 2.24) is 20.0 Å². The number of piperazine rings is 1. The van der Waals surface area contributed by atoms with Crippen molar-refractivity contribution >= 4 is 17.8 Å². The highest BCUT2D eigenvalue weighted by molar-refractivity contribution is 5.80. The number of ether oxygens (including phenoxy) is 2. The zero-order chi connectivity index (χ0) is 21.1. The van der Waals surface area contributed by atoms with Gasteiger partial charge in [-0.3, -0.25) is 24.2 Å². The van der Waals surface area contributed by atoms with E-state index in [4.69, 9.17) is 9.47 Å². The van der Waals surface area contributed by atoms with Crippen LogP contribution in [-0.4, -0.2) is 112 Å². The van der Waals surface area contributed by atoms with Gasteiger partial charge in [0.2, 0.25) is 11.8 Å². The Morgan fingerprint density at radius 1 is 1.03 bits per heavy atom. The molecule has 0 bridgehead atoms. The summed E-state index contributed by atoms with van der Waals surface area (Å²) in [5.41, 5.74) is 0. The van der Waals surface area contributed by atoms with Crippen molar-refractivity contribution in [2.75, 3.05) is 79.2 Å². The molecule has 1 atom stereocenters. The Hall–Kier alpha value is -1.71. The van der Waals surface area contributed by atoms with Gasteiger partial charge in [0.15, 0.2) is 0 Å². The summed E-state index contributed by atoms with van der Waals surface area (Å²) in [5.74, 6) is -0.293. The zero-order valence-electron chi connectivity index (χ0n) is 17.9. The number of esters is 1. The maximum absolute atomic E-state index is 12.7. The number of carbonyl (C=O) groups excluding carboxylic acids is 3. The second kappa shape index (κ2) is 12.8. The summed E-state index contributed by atoms with van der Waals surface area (Å²) >= 11 is 0. The van der Waals surface area contributed by atoms with Gasteiger partial charge in [0.25, 0.3) is 0 Å². The van der Waals surface area contributed by atoms with Crippen molar-refractivity contribution in [3.63, 3.8) is 0 Å². The van der Waals surface area contributed by atoms with E-state index in [9.17, 15) is 14.4 Å². The van der Waals surface area contributed by atoms with Gasteiger partial charge in [-0.25, -0.2) is 0 Å². The van der Waals surface area contributed by atoms with E-state index >= 15 is 0 Å². The Morgan fingerprint density at radius 2 is 1.72 bits per heavy atom. The van der Waals surface area contributed by atoms with E-state index in [0.717, 1.165) is 45.4 Å². The molecule has 1 unspecified atom stereocenters. The SMILES string of the molecule is CCOC(=O)C1CCCN(C(=O)CN2CCN(CC(=O)NCCCOC)CC2)C1. The number of hydrogen-bond donors (Lipinski definition) is 1. The largest absolute Gasteiger partial charge is 0.466 e. The molecule has 2 amide bonds. The summed E-state index contributed by atoms with van der Waals surface area (Å²) in [6.45, 7) is 8.43. The van der Waals surface area contributed by atoms with Crippen LogP contribution in [0.3, 0.4) is 0 Å². The van der Waals surface area contributed by atoms with Crippen LogP contribution in [-0.2, 0) is 23.9 Å². The van der Waals surface area contributed by atoms with Crippen LogP contribution in [0, 0.1) is 5.92 Å². The van der Waals surface area contributed by atoms with Gasteiger partial charge in [-0.05, 0) is 26.2 Å². The van der Waals surface area contributed by atoms with Crippen LogP contribution in [0.25, 0.3) is 0 Å². The Kier molecular flexibility index (Phi) is 10.4. The van der Waals surface area contributed by atoms with Crippen molar-refractivity contribution in [3.8, 4) is 0 Å². The van der Waals surface area contributed by atoms with Crippen LogP contribution in [0.5, 0.6) is 0 Å². The molecule has 29 heavy (non-hydrogen) atoms. The predicted molar refractivity (Wildman–Crippen MR) is 108 cm³/mol. The van der Waals surface area contributed by atoms with Crippen LogP contribution in [0.15, 0.2) is 0 Å². The average Bonchev–Trinajstić information content (AvgIpc) is 2.73. The third kappa shape index (κ3) is 8.28. The summed E-state index contributed by atoms with van der Waals surface area (Å²) < 4.78 is 10.1. The highest BCUT2D eigenvalue weighted by Gasteiger charge is 2.30. The molecular formula is C20H36N4O5. The predicted octanol–water partition coefficient (Wildman–Crippen LogP) is -0.442. The molecule has 2 fully saturated rings. The van der Waals surface area contributed by atoms with Gasteiger partial charge in [-0.2, -0.15) is 0 Å². The van der Waals surface area contributed by atoms with Crippen molar-refractivity contribution in [1.29, 1.82) is 0 Å². The first-order valence-electron chi connectivity index (χ1n) is 10.7. The van der Waals surface area contributed by atoms with Gasteiger partial charge in [0.05, 0.1) is 25.6 Å². The Balaban J connectivity index is 1.66. The number of likely N-dealkylation sites (tertiary alicyclic amines) is 1. The molecule has 1 N–H and O–H groups in total. The molecule has 9 nitrogen and oxygen atoms in total. The first-order chi connectivity index (χ1) is 14.0. The number of nitrogens with one attached hydrogen (secondary N) is 1. The fourth-order valence-electron chi connectivity index (χ4n) is 3.76. The van der Waals surface area contributed by atoms with Gasteiger partial charge >= 0.3 is 5.97 Å². The highest BCUT2D eigenvalue weighted by Crippen LogP contribution is 2.18. The maximum Gasteiger partial charge on any atom is 0.310 e. The van der Waals surface area contributed by atoms with E-state index in [-0.39, 0.29) is 23.7 Å². The number of piperidine rings is 1. The quantitative estimate of drug-likeness (QED) is 0.384. The van der Waals surface area contributed by atoms with Crippen molar-refractivity contribution in [2.45, 2.75) is 26.2 Å². The van der Waals surface area contributed by atoms with Gasteiger partial charge in [0, 0.05) is 59.5 Å². The van der Waals surface area contributed by atoms with E-state index in [1.165, 1.54) is 0 Å². The van der Waals surface area contributed by atoms with Crippen molar-refractivity contribution < 1.29 is 23.9 Å². The van der Waals surface area contributed by atoms with Gasteiger partial charge in [0.1, 0.15) is 0 Å². The van der Waals surface area contributed by atoms with Crippen LogP contribution in [0.2, 0.25) is 0 Å². The van der Waals surface area contributed by atoms with E-state index in [2.05, 4.69) is 15.1 Å². The second-order valence-electron chi connectivity index (χ2n) is 7.68. The highest BCUT2D eigenvalue weighted by atomic mass is 16.5. The molecule has 0 radical (unpaired) electrons. The summed E-state index contributed by atoms with van der Waals surface area (Å²) in [5, 5.41) is 2.90. The fourth-order valence-corrected chi connectivity index (χ4v) is 3.76. The molecule has 9 heteroatoms. The monoisotopic (exact) mass is 412 g/mol. The molecule has 0 aromatic rings. The van der Waals surface area contributed by atoms with Gasteiger partial charge in [-0.1, -0.05) is 0 Å². The van der Waals surface area contributed by atoms with E-state index in [1.54, 1.807) is 18.9 Å². The number of hydrogen-bond acceptors (Lipinski definition) is 7. The number of amides is 2. The van der Waals surface area contributed by atoms with Crippen LogP contribution in [0.1, 0.15) is 26.2 Å². The average molecular weight is 413 g/mol. The molecule has 2 saturated heterocycles. The molecule has 0 saturated carbocycles. The van der Waals surface area contributed by atoms with Crippen LogP contribution < -0.4 is 5.32 Å². The summed E-state index contributed by atoms with van der Waals surface area (Å²) in [6.07, 6.45) is 2.43. The molecule has 2 rings (SSSR count). The van der Waals surface area contributed by atoms with E-state index in [0.29, 0.717) is 45.9 Å². The number of carbonyl (C=O) groups is 3. The maximum atomic E-state index is 12.7. The second-order valence-corrected chi connectivity index (χ2v) is 7.68.